The zero-order valence-electron chi connectivity index (χ0n) is 19.1. The number of hydrogen-bond acceptors (Lipinski definition) is 6. The Bertz CT molecular complexity index is 1000. The second-order valence-corrected chi connectivity index (χ2v) is 7.81. The highest BCUT2D eigenvalue weighted by Crippen LogP contribution is 2.33. The molecule has 1 unspecified atom stereocenters. The number of aliphatic carboxylic acids is 2. The molecule has 1 aromatic heterocycles. The number of carboxylic acid groups (broad SMARTS) is 2. The van der Waals surface area contributed by atoms with E-state index in [0.717, 1.165) is 16.0 Å². The van der Waals surface area contributed by atoms with E-state index in [1.165, 1.54) is 0 Å². The minimum Gasteiger partial charge on any atom is -0.478 e. The molecule has 1 aliphatic rings. The maximum absolute atomic E-state index is 14.5. The van der Waals surface area contributed by atoms with Gasteiger partial charge >= 0.3 is 18.0 Å². The number of piperidine rings is 1. The van der Waals surface area contributed by atoms with Crippen LogP contribution >= 0.6 is 0 Å². The number of rotatable bonds is 7. The Morgan fingerprint density at radius 3 is 2.34 bits per heavy atom. The zero-order chi connectivity index (χ0) is 25.8. The van der Waals surface area contributed by atoms with E-state index in [1.807, 2.05) is 31.2 Å². The van der Waals surface area contributed by atoms with E-state index in [1.54, 1.807) is 24.4 Å². The Balaban J connectivity index is 0.000000466. The number of halogens is 2. The molecule has 11 heteroatoms. The van der Waals surface area contributed by atoms with Gasteiger partial charge in [-0.2, -0.15) is 0 Å². The summed E-state index contributed by atoms with van der Waals surface area (Å²) in [5.74, 6) is -5.79. The number of nitrogens with one attached hydrogen (secondary N) is 1. The van der Waals surface area contributed by atoms with Crippen molar-refractivity contribution in [2.45, 2.75) is 25.9 Å². The molecule has 1 aliphatic heterocycles. The number of nitrogens with zero attached hydrogens (tertiary/aromatic N) is 2. The van der Waals surface area contributed by atoms with E-state index >= 15 is 0 Å². The Morgan fingerprint density at radius 2 is 1.80 bits per heavy atom. The van der Waals surface area contributed by atoms with E-state index in [0.29, 0.717) is 18.0 Å². The van der Waals surface area contributed by atoms with Gasteiger partial charge in [0, 0.05) is 37.4 Å². The van der Waals surface area contributed by atoms with Crippen molar-refractivity contribution in [3.05, 3.63) is 71.9 Å². The molecular formula is C24H27F2N3O6. The largest absolute Gasteiger partial charge is 0.478 e. The average molecular weight is 491 g/mol. The van der Waals surface area contributed by atoms with Crippen LogP contribution in [0.15, 0.2) is 60.8 Å². The predicted molar refractivity (Wildman–Crippen MR) is 123 cm³/mol. The van der Waals surface area contributed by atoms with E-state index in [2.05, 4.69) is 10.3 Å². The normalized spacial score (nSPS) is 16.7. The number of benzene rings is 1. The summed E-state index contributed by atoms with van der Waals surface area (Å²) in [4.78, 5) is 36.4. The molecule has 0 saturated carbocycles. The first-order valence-corrected chi connectivity index (χ1v) is 10.7. The van der Waals surface area contributed by atoms with Crippen molar-refractivity contribution >= 4 is 23.8 Å². The van der Waals surface area contributed by atoms with Crippen LogP contribution in [0.5, 0.6) is 0 Å². The average Bonchev–Trinajstić information content (AvgIpc) is 2.82. The molecule has 2 aromatic rings. The highest BCUT2D eigenvalue weighted by Gasteiger charge is 2.46. The molecule has 0 aliphatic carbocycles. The summed E-state index contributed by atoms with van der Waals surface area (Å²) < 4.78 is 34.2. The molecule has 0 spiro atoms. The maximum Gasteiger partial charge on any atom is 0.410 e. The van der Waals surface area contributed by atoms with Gasteiger partial charge in [0.25, 0.3) is 5.92 Å². The SMILES string of the molecule is Cc1ccc(COC(=O)N2CCC(CNc3ccccn3)C(F)(F)C2)cc1.O=C(O)/C=C/C(=O)O. The Labute approximate surface area is 201 Å². The maximum atomic E-state index is 14.5. The van der Waals surface area contributed by atoms with Crippen LogP contribution < -0.4 is 5.32 Å². The fourth-order valence-electron chi connectivity index (χ4n) is 3.15. The third-order valence-corrected chi connectivity index (χ3v) is 5.05. The van der Waals surface area contributed by atoms with Crippen LogP contribution in [0.25, 0.3) is 0 Å². The van der Waals surface area contributed by atoms with E-state index in [9.17, 15) is 23.2 Å². The van der Waals surface area contributed by atoms with Gasteiger partial charge in [0.05, 0.1) is 6.54 Å². The fourth-order valence-corrected chi connectivity index (χ4v) is 3.15. The third-order valence-electron chi connectivity index (χ3n) is 5.05. The summed E-state index contributed by atoms with van der Waals surface area (Å²) in [6.07, 6.45) is 2.22. The number of pyridine rings is 1. The van der Waals surface area contributed by atoms with Crippen LogP contribution in [0.2, 0.25) is 0 Å². The standard InChI is InChI=1S/C20H23F2N3O2.C4H4O4/c1-15-5-7-16(8-6-15)13-27-19(26)25-11-9-17(20(21,22)14-25)12-24-18-4-2-3-10-23-18;5-3(6)1-2-4(7)8/h2-8,10,17H,9,11-14H2,1H3,(H,23,24);1-2H,(H,5,6)(H,7,8)/b;2-1+. The summed E-state index contributed by atoms with van der Waals surface area (Å²) in [5, 5.41) is 18.6. The van der Waals surface area contributed by atoms with E-state index in [-0.39, 0.29) is 26.1 Å². The monoisotopic (exact) mass is 491 g/mol. The first kappa shape index (κ1) is 27.2. The molecule has 35 heavy (non-hydrogen) atoms. The van der Waals surface area contributed by atoms with Gasteiger partial charge in [0.2, 0.25) is 0 Å². The number of ether oxygens (including phenoxy) is 1. The minimum atomic E-state index is -2.98. The number of carbonyl (C=O) groups excluding carboxylic acids is 1. The van der Waals surface area contributed by atoms with Crippen LogP contribution in [-0.4, -0.2) is 63.7 Å². The molecule has 1 saturated heterocycles. The lowest BCUT2D eigenvalue weighted by Gasteiger charge is -2.37. The van der Waals surface area contributed by atoms with Crippen molar-refractivity contribution in [1.29, 1.82) is 0 Å². The summed E-state index contributed by atoms with van der Waals surface area (Å²) in [6, 6.07) is 12.8. The lowest BCUT2D eigenvalue weighted by Crippen LogP contribution is -2.52. The summed E-state index contributed by atoms with van der Waals surface area (Å²) in [7, 11) is 0. The predicted octanol–water partition coefficient (Wildman–Crippen LogP) is 3.81. The molecule has 9 nitrogen and oxygen atoms in total. The van der Waals surface area contributed by atoms with Gasteiger partial charge in [-0.25, -0.2) is 28.1 Å². The quantitative estimate of drug-likeness (QED) is 0.499. The molecule has 1 fully saturated rings. The number of amides is 1. The number of anilines is 1. The van der Waals surface area contributed by atoms with Gasteiger partial charge in [-0.15, -0.1) is 0 Å². The van der Waals surface area contributed by atoms with E-state index < -0.39 is 36.4 Å². The van der Waals surface area contributed by atoms with E-state index in [4.69, 9.17) is 14.9 Å². The highest BCUT2D eigenvalue weighted by molar-refractivity contribution is 5.89. The molecule has 2 heterocycles. The summed E-state index contributed by atoms with van der Waals surface area (Å²) in [5.41, 5.74) is 1.93. The van der Waals surface area contributed by atoms with Gasteiger partial charge in [-0.05, 0) is 31.0 Å². The first-order chi connectivity index (χ1) is 16.6. The molecule has 188 valence electrons. The van der Waals surface area contributed by atoms with Gasteiger partial charge in [0.1, 0.15) is 12.4 Å². The number of aromatic nitrogens is 1. The van der Waals surface area contributed by atoms with Crippen LogP contribution in [0.3, 0.4) is 0 Å². The molecular weight excluding hydrogens is 464 g/mol. The molecule has 0 radical (unpaired) electrons. The fraction of sp³-hybridized carbons (Fsp3) is 0.333. The Hall–Kier alpha value is -4.02. The first-order valence-electron chi connectivity index (χ1n) is 10.7. The number of alkyl halides is 2. The van der Waals surface area contributed by atoms with Crippen molar-refractivity contribution in [3.63, 3.8) is 0 Å². The second-order valence-electron chi connectivity index (χ2n) is 7.81. The smallest absolute Gasteiger partial charge is 0.410 e. The van der Waals surface area contributed by atoms with Crippen LogP contribution in [0, 0.1) is 12.8 Å². The van der Waals surface area contributed by atoms with Crippen molar-refractivity contribution in [2.75, 3.05) is 25.0 Å². The number of aryl methyl sites for hydroxylation is 1. The molecule has 1 atom stereocenters. The zero-order valence-corrected chi connectivity index (χ0v) is 19.1. The number of likely N-dealkylation sites (tertiary alicyclic amines) is 1. The number of carboxylic acids is 2. The van der Waals surface area contributed by atoms with Crippen LogP contribution in [0.1, 0.15) is 17.5 Å². The molecule has 1 aromatic carbocycles. The third kappa shape index (κ3) is 9.78. The second kappa shape index (κ2) is 13.0. The molecule has 3 N–H and O–H groups in total. The Morgan fingerprint density at radius 1 is 1.14 bits per heavy atom. The highest BCUT2D eigenvalue weighted by atomic mass is 19.3. The van der Waals surface area contributed by atoms with Crippen molar-refractivity contribution in [3.8, 4) is 0 Å². The van der Waals surface area contributed by atoms with Crippen molar-refractivity contribution in [1.82, 2.24) is 9.88 Å². The van der Waals surface area contributed by atoms with Crippen LogP contribution in [-0.2, 0) is 20.9 Å². The van der Waals surface area contributed by atoms with Gasteiger partial charge < -0.3 is 25.2 Å². The van der Waals surface area contributed by atoms with Gasteiger partial charge in [0.15, 0.2) is 0 Å². The summed E-state index contributed by atoms with van der Waals surface area (Å²) >= 11 is 0. The lowest BCUT2D eigenvalue weighted by molar-refractivity contribution is -0.134. The molecule has 0 bridgehead atoms. The molecule has 3 rings (SSSR count). The number of hydrogen-bond donors (Lipinski definition) is 3. The summed E-state index contributed by atoms with van der Waals surface area (Å²) in [6.45, 7) is 1.76. The lowest BCUT2D eigenvalue weighted by atomic mass is 9.93. The number of carbonyl (C=O) groups is 3. The minimum absolute atomic E-state index is 0.0752. The Kier molecular flexibility index (Phi) is 10.1. The molecule has 1 amide bonds. The van der Waals surface area contributed by atoms with Crippen molar-refractivity contribution in [2.24, 2.45) is 5.92 Å². The topological polar surface area (TPSA) is 129 Å². The van der Waals surface area contributed by atoms with Crippen LogP contribution in [0.4, 0.5) is 19.4 Å². The van der Waals surface area contributed by atoms with Gasteiger partial charge in [-0.1, -0.05) is 35.9 Å². The van der Waals surface area contributed by atoms with Gasteiger partial charge in [-0.3, -0.25) is 0 Å². The van der Waals surface area contributed by atoms with Crippen molar-refractivity contribution < 1.29 is 38.1 Å².